The minimum Gasteiger partial charge on any atom is -0.482 e. The first-order valence-corrected chi connectivity index (χ1v) is 8.57. The van der Waals surface area contributed by atoms with Crippen molar-refractivity contribution in [2.24, 2.45) is 0 Å². The van der Waals surface area contributed by atoms with Crippen molar-refractivity contribution in [3.05, 3.63) is 29.8 Å². The topological polar surface area (TPSA) is 95.9 Å². The molecule has 1 aliphatic rings. The van der Waals surface area contributed by atoms with Crippen LogP contribution in [0.4, 0.5) is 0 Å². The predicted molar refractivity (Wildman–Crippen MR) is 91.6 cm³/mol. The molecule has 7 nitrogen and oxygen atoms in total. The van der Waals surface area contributed by atoms with Crippen molar-refractivity contribution in [3.8, 4) is 5.75 Å². The van der Waals surface area contributed by atoms with Gasteiger partial charge in [-0.05, 0) is 37.5 Å². The van der Waals surface area contributed by atoms with Crippen molar-refractivity contribution in [1.82, 2.24) is 10.2 Å². The van der Waals surface area contributed by atoms with Crippen LogP contribution in [0.25, 0.3) is 0 Å². The van der Waals surface area contributed by atoms with Gasteiger partial charge in [0.1, 0.15) is 5.75 Å². The number of hydrogen-bond acceptors (Lipinski definition) is 4. The second-order valence-corrected chi connectivity index (χ2v) is 6.01. The van der Waals surface area contributed by atoms with E-state index >= 15 is 0 Å². The molecular formula is C18H24N2O5. The summed E-state index contributed by atoms with van der Waals surface area (Å²) in [4.78, 5) is 36.4. The summed E-state index contributed by atoms with van der Waals surface area (Å²) in [5.41, 5.74) is 0.411. The maximum atomic E-state index is 12.1. The second kappa shape index (κ2) is 9.66. The van der Waals surface area contributed by atoms with Gasteiger partial charge in [0.05, 0.1) is 0 Å². The van der Waals surface area contributed by atoms with Crippen molar-refractivity contribution in [2.75, 3.05) is 26.2 Å². The largest absolute Gasteiger partial charge is 0.482 e. The van der Waals surface area contributed by atoms with Gasteiger partial charge in [0.25, 0.3) is 5.91 Å². The number of carbonyl (C=O) groups excluding carboxylic acids is 2. The van der Waals surface area contributed by atoms with E-state index in [4.69, 9.17) is 9.84 Å². The predicted octanol–water partition coefficient (Wildman–Crippen LogP) is 1.67. The van der Waals surface area contributed by atoms with Crippen LogP contribution in [0, 0.1) is 0 Å². The van der Waals surface area contributed by atoms with Crippen LogP contribution in [0.1, 0.15) is 42.5 Å². The van der Waals surface area contributed by atoms with Crippen LogP contribution in [-0.4, -0.2) is 54.0 Å². The number of nitrogens with zero attached hydrogens (tertiary/aromatic N) is 1. The number of rotatable bonds is 8. The fraction of sp³-hybridized carbons (Fsp3) is 0.500. The molecule has 2 N–H and O–H groups in total. The van der Waals surface area contributed by atoms with E-state index < -0.39 is 12.6 Å². The second-order valence-electron chi connectivity index (χ2n) is 6.01. The Morgan fingerprint density at radius 3 is 2.88 bits per heavy atom. The SMILES string of the molecule is O=C(O)COc1cccc(C(=O)NCCCN2CCCCCC2=O)c1. The van der Waals surface area contributed by atoms with Gasteiger partial charge in [0, 0.05) is 31.6 Å². The molecule has 25 heavy (non-hydrogen) atoms. The average molecular weight is 348 g/mol. The normalized spacial score (nSPS) is 14.7. The molecule has 2 rings (SSSR count). The maximum Gasteiger partial charge on any atom is 0.341 e. The summed E-state index contributed by atoms with van der Waals surface area (Å²) in [5.74, 6) is -0.779. The standard InChI is InChI=1S/C18H24N2O5/c21-16-8-2-1-3-10-20(16)11-5-9-19-18(24)14-6-4-7-15(12-14)25-13-17(22)23/h4,6-7,12H,1-3,5,8-11,13H2,(H,19,24)(H,22,23). The molecule has 1 heterocycles. The Hall–Kier alpha value is -2.57. The molecule has 1 aromatic rings. The number of benzene rings is 1. The summed E-state index contributed by atoms with van der Waals surface area (Å²) in [6.07, 6.45) is 4.43. The molecule has 0 unspecified atom stereocenters. The third-order valence-electron chi connectivity index (χ3n) is 4.02. The smallest absolute Gasteiger partial charge is 0.341 e. The van der Waals surface area contributed by atoms with Crippen LogP contribution in [0.5, 0.6) is 5.75 Å². The van der Waals surface area contributed by atoms with Gasteiger partial charge in [0.2, 0.25) is 5.91 Å². The third-order valence-corrected chi connectivity index (χ3v) is 4.02. The van der Waals surface area contributed by atoms with Crippen LogP contribution in [0.3, 0.4) is 0 Å². The Bertz CT molecular complexity index is 617. The van der Waals surface area contributed by atoms with Gasteiger partial charge in [-0.25, -0.2) is 4.79 Å². The first kappa shape index (κ1) is 18.8. The summed E-state index contributed by atoms with van der Waals surface area (Å²) in [7, 11) is 0. The van der Waals surface area contributed by atoms with Gasteiger partial charge in [-0.3, -0.25) is 9.59 Å². The minimum atomic E-state index is -1.07. The zero-order chi connectivity index (χ0) is 18.1. The van der Waals surface area contributed by atoms with E-state index in [9.17, 15) is 14.4 Å². The number of carboxylic acids is 1. The maximum absolute atomic E-state index is 12.1. The molecule has 7 heteroatoms. The van der Waals surface area contributed by atoms with Crippen molar-refractivity contribution in [2.45, 2.75) is 32.1 Å². The lowest BCUT2D eigenvalue weighted by Gasteiger charge is -2.20. The summed E-state index contributed by atoms with van der Waals surface area (Å²) in [6, 6.07) is 6.39. The molecule has 0 atom stereocenters. The van der Waals surface area contributed by atoms with E-state index in [0.29, 0.717) is 37.2 Å². The lowest BCUT2D eigenvalue weighted by molar-refractivity contribution is -0.139. The Balaban J connectivity index is 1.75. The zero-order valence-corrected chi connectivity index (χ0v) is 14.2. The number of carboxylic acid groups (broad SMARTS) is 1. The lowest BCUT2D eigenvalue weighted by atomic mass is 10.2. The molecule has 0 aromatic heterocycles. The number of likely N-dealkylation sites (tertiary alicyclic amines) is 1. The van der Waals surface area contributed by atoms with E-state index in [0.717, 1.165) is 25.8 Å². The van der Waals surface area contributed by atoms with E-state index in [1.54, 1.807) is 18.2 Å². The summed E-state index contributed by atoms with van der Waals surface area (Å²) >= 11 is 0. The van der Waals surface area contributed by atoms with Crippen LogP contribution in [-0.2, 0) is 9.59 Å². The zero-order valence-electron chi connectivity index (χ0n) is 14.2. The van der Waals surface area contributed by atoms with Gasteiger partial charge in [-0.1, -0.05) is 12.5 Å². The summed E-state index contributed by atoms with van der Waals surface area (Å²) < 4.78 is 5.06. The fourth-order valence-corrected chi connectivity index (χ4v) is 2.72. The summed E-state index contributed by atoms with van der Waals surface area (Å²) in [5, 5.41) is 11.4. The van der Waals surface area contributed by atoms with E-state index in [1.807, 2.05) is 4.90 Å². The summed E-state index contributed by atoms with van der Waals surface area (Å²) in [6.45, 7) is 1.48. The molecular weight excluding hydrogens is 324 g/mol. The molecule has 2 amide bonds. The van der Waals surface area contributed by atoms with Crippen LogP contribution in [0.2, 0.25) is 0 Å². The van der Waals surface area contributed by atoms with Gasteiger partial charge >= 0.3 is 5.97 Å². The molecule has 1 fully saturated rings. The van der Waals surface area contributed by atoms with Crippen LogP contribution in [0.15, 0.2) is 24.3 Å². The highest BCUT2D eigenvalue weighted by atomic mass is 16.5. The highest BCUT2D eigenvalue weighted by molar-refractivity contribution is 5.94. The van der Waals surface area contributed by atoms with Crippen LogP contribution < -0.4 is 10.1 Å². The number of nitrogens with one attached hydrogen (secondary N) is 1. The number of ether oxygens (including phenoxy) is 1. The molecule has 1 aliphatic heterocycles. The first-order valence-electron chi connectivity index (χ1n) is 8.57. The molecule has 1 aromatic carbocycles. The number of amides is 2. The Morgan fingerprint density at radius 2 is 2.08 bits per heavy atom. The number of carbonyl (C=O) groups is 3. The van der Waals surface area contributed by atoms with Crippen molar-refractivity contribution in [1.29, 1.82) is 0 Å². The minimum absolute atomic E-state index is 0.201. The van der Waals surface area contributed by atoms with E-state index in [2.05, 4.69) is 5.32 Å². The van der Waals surface area contributed by atoms with Gasteiger partial charge in [-0.2, -0.15) is 0 Å². The average Bonchev–Trinajstić information content (AvgIpc) is 2.81. The first-order chi connectivity index (χ1) is 12.1. The lowest BCUT2D eigenvalue weighted by Crippen LogP contribution is -2.34. The van der Waals surface area contributed by atoms with E-state index in [1.165, 1.54) is 6.07 Å². The monoisotopic (exact) mass is 348 g/mol. The van der Waals surface area contributed by atoms with Crippen molar-refractivity contribution >= 4 is 17.8 Å². The van der Waals surface area contributed by atoms with Crippen molar-refractivity contribution in [3.63, 3.8) is 0 Å². The third kappa shape index (κ3) is 6.45. The van der Waals surface area contributed by atoms with Crippen LogP contribution >= 0.6 is 0 Å². The highest BCUT2D eigenvalue weighted by Gasteiger charge is 2.16. The van der Waals surface area contributed by atoms with Gasteiger partial charge < -0.3 is 20.1 Å². The van der Waals surface area contributed by atoms with Crippen molar-refractivity contribution < 1.29 is 24.2 Å². The molecule has 136 valence electrons. The molecule has 0 aliphatic carbocycles. The molecule has 0 radical (unpaired) electrons. The molecule has 0 spiro atoms. The Labute approximate surface area is 147 Å². The van der Waals surface area contributed by atoms with Gasteiger partial charge in [0.15, 0.2) is 6.61 Å². The van der Waals surface area contributed by atoms with E-state index in [-0.39, 0.29) is 11.8 Å². The Morgan fingerprint density at radius 1 is 1.24 bits per heavy atom. The molecule has 0 saturated carbocycles. The molecule has 0 bridgehead atoms. The van der Waals surface area contributed by atoms with Gasteiger partial charge in [-0.15, -0.1) is 0 Å². The molecule has 1 saturated heterocycles. The number of hydrogen-bond donors (Lipinski definition) is 2. The Kier molecular flexibility index (Phi) is 7.25. The quantitative estimate of drug-likeness (QED) is 0.697. The highest BCUT2D eigenvalue weighted by Crippen LogP contribution is 2.13. The fourth-order valence-electron chi connectivity index (χ4n) is 2.72. The number of aliphatic carboxylic acids is 1.